The van der Waals surface area contributed by atoms with Gasteiger partial charge in [0.2, 0.25) is 10.0 Å². The lowest BCUT2D eigenvalue weighted by Crippen LogP contribution is -2.40. The van der Waals surface area contributed by atoms with Crippen LogP contribution >= 0.6 is 0 Å². The molecule has 0 spiro atoms. The van der Waals surface area contributed by atoms with Crippen LogP contribution in [0.15, 0.2) is 59.6 Å². The Morgan fingerprint density at radius 1 is 1.03 bits per heavy atom. The number of nitrogens with zero attached hydrogens (tertiary/aromatic N) is 2. The van der Waals surface area contributed by atoms with Crippen molar-refractivity contribution in [2.75, 3.05) is 26.0 Å². The Balaban J connectivity index is 1.72. The van der Waals surface area contributed by atoms with Gasteiger partial charge in [0, 0.05) is 47.0 Å². The Hall–Kier alpha value is -2.68. The summed E-state index contributed by atoms with van der Waals surface area (Å²) in [5.74, 6) is -0.292. The van der Waals surface area contributed by atoms with Crippen molar-refractivity contribution in [2.24, 2.45) is 0 Å². The van der Waals surface area contributed by atoms with Gasteiger partial charge in [-0.25, -0.2) is 13.1 Å². The molecule has 0 atom stereocenters. The number of likely N-dealkylation sites (N-methyl/N-ethyl adjacent to an activating group) is 1. The average molecular weight is 443 g/mol. The summed E-state index contributed by atoms with van der Waals surface area (Å²) in [5, 5.41) is 3.93. The minimum atomic E-state index is -3.64. The molecule has 3 aromatic rings. The maximum atomic E-state index is 12.6. The first-order chi connectivity index (χ1) is 14.4. The SMILES string of the molecule is CN(C)CCn1ccc2cc(NC(=O)c3ccc(S(=O)(=O)NC(C)(C)C)cc3)ccc21. The molecular weight excluding hydrogens is 412 g/mol. The number of hydrogen-bond acceptors (Lipinski definition) is 4. The van der Waals surface area contributed by atoms with E-state index in [-0.39, 0.29) is 10.8 Å². The number of anilines is 1. The predicted molar refractivity (Wildman–Crippen MR) is 125 cm³/mol. The molecule has 0 saturated carbocycles. The number of hydrogen-bond donors (Lipinski definition) is 2. The topological polar surface area (TPSA) is 83.4 Å². The maximum Gasteiger partial charge on any atom is 0.255 e. The zero-order valence-electron chi connectivity index (χ0n) is 18.6. The standard InChI is InChI=1S/C23H30N4O3S/c1-23(2,3)25-31(29,30)20-9-6-17(7-10-20)22(28)24-19-8-11-21-18(16-19)12-13-27(21)15-14-26(4)5/h6-13,16,25H,14-15H2,1-5H3,(H,24,28). The molecule has 8 heteroatoms. The number of fused-ring (bicyclic) bond motifs is 1. The molecule has 0 radical (unpaired) electrons. The van der Waals surface area contributed by atoms with Crippen molar-refractivity contribution in [2.45, 2.75) is 37.8 Å². The Labute approximate surface area is 184 Å². The minimum absolute atomic E-state index is 0.124. The normalized spacial score (nSPS) is 12.5. The van der Waals surface area contributed by atoms with Gasteiger partial charge < -0.3 is 14.8 Å². The molecule has 1 heterocycles. The molecule has 2 aromatic carbocycles. The van der Waals surface area contributed by atoms with Gasteiger partial charge in [-0.3, -0.25) is 4.79 Å². The van der Waals surface area contributed by atoms with E-state index in [1.54, 1.807) is 20.8 Å². The number of aromatic nitrogens is 1. The van der Waals surface area contributed by atoms with Crippen LogP contribution in [0.2, 0.25) is 0 Å². The smallest absolute Gasteiger partial charge is 0.255 e. The van der Waals surface area contributed by atoms with E-state index < -0.39 is 15.6 Å². The van der Waals surface area contributed by atoms with E-state index in [1.165, 1.54) is 24.3 Å². The molecule has 0 bridgehead atoms. The number of rotatable bonds is 7. The predicted octanol–water partition coefficient (Wildman–Crippen LogP) is 3.53. The Morgan fingerprint density at radius 3 is 2.32 bits per heavy atom. The monoisotopic (exact) mass is 442 g/mol. The van der Waals surface area contributed by atoms with Crippen LogP contribution in [0.4, 0.5) is 5.69 Å². The van der Waals surface area contributed by atoms with Gasteiger partial charge in [0.25, 0.3) is 5.91 Å². The van der Waals surface area contributed by atoms with Gasteiger partial charge in [-0.05, 0) is 83.4 Å². The van der Waals surface area contributed by atoms with E-state index in [9.17, 15) is 13.2 Å². The van der Waals surface area contributed by atoms with Crippen molar-refractivity contribution in [3.63, 3.8) is 0 Å². The van der Waals surface area contributed by atoms with Crippen molar-refractivity contribution >= 4 is 32.5 Å². The molecule has 1 amide bonds. The Bertz CT molecular complexity index is 1170. The number of nitrogens with one attached hydrogen (secondary N) is 2. The summed E-state index contributed by atoms with van der Waals surface area (Å²) in [4.78, 5) is 14.9. The molecule has 7 nitrogen and oxygen atoms in total. The lowest BCUT2D eigenvalue weighted by Gasteiger charge is -2.20. The molecule has 1 aromatic heterocycles. The number of benzene rings is 2. The summed E-state index contributed by atoms with van der Waals surface area (Å²) < 4.78 is 29.6. The lowest BCUT2D eigenvalue weighted by molar-refractivity contribution is 0.102. The molecule has 2 N–H and O–H groups in total. The van der Waals surface area contributed by atoms with Gasteiger partial charge in [-0.1, -0.05) is 0 Å². The third-order valence-corrected chi connectivity index (χ3v) is 6.46. The fourth-order valence-electron chi connectivity index (χ4n) is 3.23. The average Bonchev–Trinajstić information content (AvgIpc) is 3.07. The van der Waals surface area contributed by atoms with Crippen LogP contribution < -0.4 is 10.0 Å². The summed E-state index contributed by atoms with van der Waals surface area (Å²) in [6.07, 6.45) is 2.05. The molecule has 166 valence electrons. The first-order valence-corrected chi connectivity index (χ1v) is 11.6. The van der Waals surface area contributed by atoms with Crippen LogP contribution in [0.5, 0.6) is 0 Å². The zero-order chi connectivity index (χ0) is 22.8. The van der Waals surface area contributed by atoms with E-state index >= 15 is 0 Å². The van der Waals surface area contributed by atoms with Gasteiger partial charge in [0.15, 0.2) is 0 Å². The Morgan fingerprint density at radius 2 is 1.71 bits per heavy atom. The quantitative estimate of drug-likeness (QED) is 0.586. The van der Waals surface area contributed by atoms with E-state index in [4.69, 9.17) is 0 Å². The van der Waals surface area contributed by atoms with Crippen LogP contribution in [0.1, 0.15) is 31.1 Å². The maximum absolute atomic E-state index is 12.6. The van der Waals surface area contributed by atoms with Crippen LogP contribution in [0.3, 0.4) is 0 Å². The fourth-order valence-corrected chi connectivity index (χ4v) is 4.65. The number of amides is 1. The van der Waals surface area contributed by atoms with E-state index in [1.807, 2.05) is 44.6 Å². The first kappa shape index (κ1) is 23.0. The van der Waals surface area contributed by atoms with Gasteiger partial charge in [0.05, 0.1) is 4.90 Å². The van der Waals surface area contributed by atoms with E-state index in [0.29, 0.717) is 11.3 Å². The summed E-state index contributed by atoms with van der Waals surface area (Å²) in [6, 6.07) is 13.8. The molecule has 3 rings (SSSR count). The highest BCUT2D eigenvalue weighted by molar-refractivity contribution is 7.89. The summed E-state index contributed by atoms with van der Waals surface area (Å²) in [7, 11) is 0.449. The van der Waals surface area contributed by atoms with E-state index in [0.717, 1.165) is 24.0 Å². The minimum Gasteiger partial charge on any atom is -0.346 e. The summed E-state index contributed by atoms with van der Waals surface area (Å²) in [5.41, 5.74) is 1.60. The number of sulfonamides is 1. The molecule has 0 saturated heterocycles. The third-order valence-electron chi connectivity index (χ3n) is 4.68. The van der Waals surface area contributed by atoms with Crippen molar-refractivity contribution in [1.82, 2.24) is 14.2 Å². The second-order valence-electron chi connectivity index (χ2n) is 8.92. The fraction of sp³-hybridized carbons (Fsp3) is 0.348. The van der Waals surface area contributed by atoms with Gasteiger partial charge >= 0.3 is 0 Å². The third kappa shape index (κ3) is 5.94. The number of carbonyl (C=O) groups excluding carboxylic acids is 1. The second kappa shape index (κ2) is 8.82. The summed E-state index contributed by atoms with van der Waals surface area (Å²) >= 11 is 0. The van der Waals surface area contributed by atoms with Crippen LogP contribution in [-0.2, 0) is 16.6 Å². The van der Waals surface area contributed by atoms with Crippen LogP contribution in [-0.4, -0.2) is 50.0 Å². The lowest BCUT2D eigenvalue weighted by atomic mass is 10.1. The summed E-state index contributed by atoms with van der Waals surface area (Å²) in [6.45, 7) is 7.17. The largest absolute Gasteiger partial charge is 0.346 e. The molecule has 0 aliphatic rings. The number of carbonyl (C=O) groups is 1. The zero-order valence-corrected chi connectivity index (χ0v) is 19.5. The highest BCUT2D eigenvalue weighted by atomic mass is 32.2. The van der Waals surface area contributed by atoms with E-state index in [2.05, 4.69) is 19.5 Å². The van der Waals surface area contributed by atoms with Crippen LogP contribution in [0, 0.1) is 0 Å². The molecule has 0 aliphatic carbocycles. The highest BCUT2D eigenvalue weighted by Gasteiger charge is 2.22. The molecule has 0 fully saturated rings. The van der Waals surface area contributed by atoms with Crippen molar-refractivity contribution < 1.29 is 13.2 Å². The molecule has 31 heavy (non-hydrogen) atoms. The molecular formula is C23H30N4O3S. The molecule has 0 aliphatic heterocycles. The highest BCUT2D eigenvalue weighted by Crippen LogP contribution is 2.21. The van der Waals surface area contributed by atoms with Gasteiger partial charge in [-0.15, -0.1) is 0 Å². The van der Waals surface area contributed by atoms with Crippen molar-refractivity contribution in [1.29, 1.82) is 0 Å². The van der Waals surface area contributed by atoms with Crippen molar-refractivity contribution in [3.8, 4) is 0 Å². The second-order valence-corrected chi connectivity index (χ2v) is 10.6. The molecule has 0 unspecified atom stereocenters. The Kier molecular flexibility index (Phi) is 6.54. The van der Waals surface area contributed by atoms with Gasteiger partial charge in [0.1, 0.15) is 0 Å². The van der Waals surface area contributed by atoms with Gasteiger partial charge in [-0.2, -0.15) is 0 Å². The van der Waals surface area contributed by atoms with Crippen molar-refractivity contribution in [3.05, 3.63) is 60.3 Å². The first-order valence-electron chi connectivity index (χ1n) is 10.1. The van der Waals surface area contributed by atoms with Crippen LogP contribution in [0.25, 0.3) is 10.9 Å².